The highest BCUT2D eigenvalue weighted by molar-refractivity contribution is 9.10. The molecule has 1 heterocycles. The minimum Gasteiger partial charge on any atom is -0.303 e. The van der Waals surface area contributed by atoms with Crippen LogP contribution in [0.2, 0.25) is 0 Å². The lowest BCUT2D eigenvalue weighted by Crippen LogP contribution is -2.34. The van der Waals surface area contributed by atoms with Crippen LogP contribution in [0.15, 0.2) is 20.1 Å². The number of nitrogens with one attached hydrogen (secondary N) is 1. The molecular formula is C10H17BrN2O2S2. The maximum Gasteiger partial charge on any atom is 0.251 e. The number of thiophene rings is 1. The van der Waals surface area contributed by atoms with Crippen molar-refractivity contribution in [1.82, 2.24) is 9.62 Å². The monoisotopic (exact) mass is 340 g/mol. The first-order valence-electron chi connectivity index (χ1n) is 5.46. The van der Waals surface area contributed by atoms with Gasteiger partial charge in [0.15, 0.2) is 0 Å². The Morgan fingerprint density at radius 3 is 2.53 bits per heavy atom. The van der Waals surface area contributed by atoms with E-state index < -0.39 is 10.0 Å². The van der Waals surface area contributed by atoms with Crippen molar-refractivity contribution in [2.75, 3.05) is 26.2 Å². The third-order valence-electron chi connectivity index (χ3n) is 2.44. The van der Waals surface area contributed by atoms with E-state index in [1.54, 1.807) is 11.4 Å². The molecule has 0 aliphatic rings. The van der Waals surface area contributed by atoms with Crippen LogP contribution in [0, 0.1) is 0 Å². The lowest BCUT2D eigenvalue weighted by Gasteiger charge is -2.17. The minimum atomic E-state index is -3.36. The summed E-state index contributed by atoms with van der Waals surface area (Å²) in [5, 5.41) is 1.75. The van der Waals surface area contributed by atoms with Gasteiger partial charge >= 0.3 is 0 Å². The molecule has 98 valence electrons. The zero-order valence-corrected chi connectivity index (χ0v) is 13.2. The van der Waals surface area contributed by atoms with Gasteiger partial charge in [-0.2, -0.15) is 0 Å². The van der Waals surface area contributed by atoms with Gasteiger partial charge in [0.2, 0.25) is 0 Å². The van der Waals surface area contributed by atoms with Gasteiger partial charge in [-0.15, -0.1) is 11.3 Å². The smallest absolute Gasteiger partial charge is 0.251 e. The molecule has 0 aliphatic heterocycles. The Labute approximate surface area is 115 Å². The summed E-state index contributed by atoms with van der Waals surface area (Å²) in [4.78, 5) is 2.17. The molecule has 0 spiro atoms. The lowest BCUT2D eigenvalue weighted by molar-refractivity contribution is 0.309. The Bertz CT molecular complexity index is 441. The van der Waals surface area contributed by atoms with E-state index in [4.69, 9.17) is 0 Å². The van der Waals surface area contributed by atoms with Gasteiger partial charge in [-0.25, -0.2) is 13.1 Å². The molecule has 17 heavy (non-hydrogen) atoms. The summed E-state index contributed by atoms with van der Waals surface area (Å²) in [5.41, 5.74) is 0. The molecule has 1 N–H and O–H groups in total. The fourth-order valence-electron chi connectivity index (χ4n) is 1.42. The second-order valence-electron chi connectivity index (χ2n) is 3.48. The van der Waals surface area contributed by atoms with Crippen molar-refractivity contribution in [2.24, 2.45) is 0 Å². The summed E-state index contributed by atoms with van der Waals surface area (Å²) >= 11 is 4.45. The van der Waals surface area contributed by atoms with Gasteiger partial charge in [0.25, 0.3) is 10.0 Å². The first-order valence-corrected chi connectivity index (χ1v) is 8.61. The number of hydrogen-bond donors (Lipinski definition) is 1. The predicted octanol–water partition coefficient (Wildman–Crippen LogP) is 2.13. The van der Waals surface area contributed by atoms with E-state index in [0.29, 0.717) is 15.2 Å². The second kappa shape index (κ2) is 6.84. The molecule has 1 aromatic rings. The lowest BCUT2D eigenvalue weighted by atomic mass is 10.5. The standard InChI is InChI=1S/C10H17BrN2O2S2/c1-3-13(4-2)7-6-12-17(14,15)10-9(11)5-8-16-10/h5,8,12H,3-4,6-7H2,1-2H3. The maximum absolute atomic E-state index is 11.9. The van der Waals surface area contributed by atoms with Crippen LogP contribution in [0.3, 0.4) is 0 Å². The van der Waals surface area contributed by atoms with Crippen LogP contribution in [-0.2, 0) is 10.0 Å². The van der Waals surface area contributed by atoms with Crippen LogP contribution < -0.4 is 4.72 Å². The molecule has 1 aromatic heterocycles. The molecular weight excluding hydrogens is 324 g/mol. The Hall–Kier alpha value is 0.0500. The quantitative estimate of drug-likeness (QED) is 0.827. The van der Waals surface area contributed by atoms with Crippen LogP contribution in [0.25, 0.3) is 0 Å². The van der Waals surface area contributed by atoms with Crippen LogP contribution in [0.5, 0.6) is 0 Å². The third kappa shape index (κ3) is 4.33. The van der Waals surface area contributed by atoms with Gasteiger partial charge in [0, 0.05) is 17.6 Å². The molecule has 0 aromatic carbocycles. The topological polar surface area (TPSA) is 49.4 Å². The van der Waals surface area contributed by atoms with Crippen molar-refractivity contribution in [3.63, 3.8) is 0 Å². The highest BCUT2D eigenvalue weighted by Gasteiger charge is 2.18. The Morgan fingerprint density at radius 2 is 2.06 bits per heavy atom. The normalized spacial score (nSPS) is 12.2. The molecule has 0 amide bonds. The molecule has 0 saturated heterocycles. The summed E-state index contributed by atoms with van der Waals surface area (Å²) in [7, 11) is -3.36. The molecule has 0 unspecified atom stereocenters. The van der Waals surface area contributed by atoms with E-state index in [1.165, 1.54) is 11.3 Å². The zero-order valence-electron chi connectivity index (χ0n) is 9.94. The van der Waals surface area contributed by atoms with Gasteiger partial charge < -0.3 is 4.90 Å². The van der Waals surface area contributed by atoms with E-state index in [2.05, 4.69) is 39.4 Å². The van der Waals surface area contributed by atoms with Crippen LogP contribution >= 0.6 is 27.3 Å². The second-order valence-corrected chi connectivity index (χ2v) is 7.21. The number of rotatable bonds is 7. The zero-order chi connectivity index (χ0) is 12.9. The van der Waals surface area contributed by atoms with Crippen molar-refractivity contribution >= 4 is 37.3 Å². The summed E-state index contributed by atoms with van der Waals surface area (Å²) < 4.78 is 27.4. The van der Waals surface area contributed by atoms with Crippen molar-refractivity contribution in [3.05, 3.63) is 15.9 Å². The molecule has 0 saturated carbocycles. The fourth-order valence-corrected chi connectivity index (χ4v) is 4.82. The molecule has 0 aliphatic carbocycles. The SMILES string of the molecule is CCN(CC)CCNS(=O)(=O)c1sccc1Br. The predicted molar refractivity (Wildman–Crippen MR) is 75.0 cm³/mol. The highest BCUT2D eigenvalue weighted by atomic mass is 79.9. The van der Waals surface area contributed by atoms with Gasteiger partial charge in [0.1, 0.15) is 4.21 Å². The van der Waals surface area contributed by atoms with Gasteiger partial charge in [-0.3, -0.25) is 0 Å². The van der Waals surface area contributed by atoms with E-state index in [-0.39, 0.29) is 0 Å². The molecule has 0 bridgehead atoms. The van der Waals surface area contributed by atoms with Crippen molar-refractivity contribution in [3.8, 4) is 0 Å². The van der Waals surface area contributed by atoms with E-state index in [1.807, 2.05) is 0 Å². The van der Waals surface area contributed by atoms with Gasteiger partial charge in [-0.1, -0.05) is 13.8 Å². The average Bonchev–Trinajstić information content (AvgIpc) is 2.71. The number of likely N-dealkylation sites (N-methyl/N-ethyl adjacent to an activating group) is 1. The maximum atomic E-state index is 11.9. The Morgan fingerprint density at radius 1 is 1.41 bits per heavy atom. The summed E-state index contributed by atoms with van der Waals surface area (Å²) in [6.07, 6.45) is 0. The molecule has 4 nitrogen and oxygen atoms in total. The molecule has 1 rings (SSSR count). The average molecular weight is 341 g/mol. The van der Waals surface area contributed by atoms with Crippen molar-refractivity contribution in [2.45, 2.75) is 18.1 Å². The van der Waals surface area contributed by atoms with Crippen LogP contribution in [-0.4, -0.2) is 39.5 Å². The fraction of sp³-hybridized carbons (Fsp3) is 0.600. The van der Waals surface area contributed by atoms with E-state index >= 15 is 0 Å². The molecule has 7 heteroatoms. The summed E-state index contributed by atoms with van der Waals surface area (Å²) in [6.45, 7) is 7.16. The van der Waals surface area contributed by atoms with E-state index in [9.17, 15) is 8.42 Å². The number of sulfonamides is 1. The van der Waals surface area contributed by atoms with E-state index in [0.717, 1.165) is 19.6 Å². The van der Waals surface area contributed by atoms with Gasteiger partial charge in [-0.05, 0) is 40.5 Å². The minimum absolute atomic E-state index is 0.344. The van der Waals surface area contributed by atoms with Crippen LogP contribution in [0.4, 0.5) is 0 Å². The Kier molecular flexibility index (Phi) is 6.08. The number of hydrogen-bond acceptors (Lipinski definition) is 4. The van der Waals surface area contributed by atoms with Gasteiger partial charge in [0.05, 0.1) is 0 Å². The first-order chi connectivity index (χ1) is 8.01. The first kappa shape index (κ1) is 15.1. The van der Waals surface area contributed by atoms with Crippen LogP contribution in [0.1, 0.15) is 13.8 Å². The summed E-state index contributed by atoms with van der Waals surface area (Å²) in [5.74, 6) is 0. The summed E-state index contributed by atoms with van der Waals surface area (Å²) in [6, 6.07) is 1.74. The number of halogens is 1. The molecule has 0 fully saturated rings. The largest absolute Gasteiger partial charge is 0.303 e. The van der Waals surface area contributed by atoms with Crippen molar-refractivity contribution in [1.29, 1.82) is 0 Å². The third-order valence-corrected chi connectivity index (χ3v) is 6.57. The Balaban J connectivity index is 2.55. The molecule has 0 atom stereocenters. The molecule has 0 radical (unpaired) electrons. The van der Waals surface area contributed by atoms with Crippen molar-refractivity contribution < 1.29 is 8.42 Å². The highest BCUT2D eigenvalue weighted by Crippen LogP contribution is 2.27. The number of nitrogens with zero attached hydrogens (tertiary/aromatic N) is 1.